The van der Waals surface area contributed by atoms with Gasteiger partial charge in [-0.3, -0.25) is 0 Å². The van der Waals surface area contributed by atoms with Crippen LogP contribution in [0.5, 0.6) is 11.5 Å². The fourth-order valence-electron chi connectivity index (χ4n) is 3.16. The molecule has 1 unspecified atom stereocenters. The van der Waals surface area contributed by atoms with Crippen molar-refractivity contribution in [3.05, 3.63) is 36.5 Å². The number of anilines is 1. The third kappa shape index (κ3) is 3.77. The van der Waals surface area contributed by atoms with Gasteiger partial charge < -0.3 is 24.1 Å². The molecule has 0 spiro atoms. The first kappa shape index (κ1) is 18.2. The summed E-state index contributed by atoms with van der Waals surface area (Å²) in [5.74, 6) is 2.76. The summed E-state index contributed by atoms with van der Waals surface area (Å²) in [5, 5.41) is 7.37. The molecule has 1 aliphatic heterocycles. The Bertz CT molecular complexity index is 920. The molecule has 0 saturated carbocycles. The van der Waals surface area contributed by atoms with Crippen molar-refractivity contribution in [3.63, 3.8) is 0 Å². The summed E-state index contributed by atoms with van der Waals surface area (Å²) in [6.45, 7) is 1.60. The highest BCUT2D eigenvalue weighted by Gasteiger charge is 2.18. The van der Waals surface area contributed by atoms with Crippen LogP contribution in [0.3, 0.4) is 0 Å². The highest BCUT2D eigenvalue weighted by Crippen LogP contribution is 2.37. The van der Waals surface area contributed by atoms with E-state index in [0.29, 0.717) is 28.8 Å². The molecule has 1 N–H and O–H groups in total. The van der Waals surface area contributed by atoms with E-state index in [2.05, 4.69) is 20.4 Å². The van der Waals surface area contributed by atoms with Crippen molar-refractivity contribution in [1.29, 1.82) is 0 Å². The van der Waals surface area contributed by atoms with Crippen molar-refractivity contribution in [1.82, 2.24) is 15.1 Å². The van der Waals surface area contributed by atoms with Gasteiger partial charge in [-0.2, -0.15) is 4.98 Å². The first-order chi connectivity index (χ1) is 13.8. The van der Waals surface area contributed by atoms with Gasteiger partial charge in [-0.1, -0.05) is 11.2 Å². The minimum absolute atomic E-state index is 0.262. The Hall–Kier alpha value is -3.13. The molecular formula is C20H22N4O4. The van der Waals surface area contributed by atoms with E-state index < -0.39 is 0 Å². The second-order valence-electron chi connectivity index (χ2n) is 6.41. The average Bonchev–Trinajstić information content (AvgIpc) is 3.44. The van der Waals surface area contributed by atoms with Gasteiger partial charge in [0.1, 0.15) is 5.82 Å². The predicted molar refractivity (Wildman–Crippen MR) is 104 cm³/mol. The maximum absolute atomic E-state index is 5.61. The van der Waals surface area contributed by atoms with Gasteiger partial charge in [0.15, 0.2) is 11.5 Å². The number of para-hydroxylation sites is 1. The molecule has 1 saturated heterocycles. The van der Waals surface area contributed by atoms with Crippen molar-refractivity contribution in [3.8, 4) is 34.3 Å². The van der Waals surface area contributed by atoms with Crippen molar-refractivity contribution in [2.75, 3.05) is 32.7 Å². The van der Waals surface area contributed by atoms with Crippen molar-refractivity contribution < 1.29 is 18.7 Å². The van der Waals surface area contributed by atoms with E-state index in [1.165, 1.54) is 0 Å². The Morgan fingerprint density at radius 3 is 2.82 bits per heavy atom. The Morgan fingerprint density at radius 2 is 2.11 bits per heavy atom. The van der Waals surface area contributed by atoms with Crippen LogP contribution in [0.25, 0.3) is 22.8 Å². The maximum Gasteiger partial charge on any atom is 0.259 e. The monoisotopic (exact) mass is 382 g/mol. The van der Waals surface area contributed by atoms with E-state index in [1.807, 2.05) is 30.3 Å². The van der Waals surface area contributed by atoms with Gasteiger partial charge in [0, 0.05) is 19.3 Å². The molecule has 1 aliphatic rings. The number of nitrogens with zero attached hydrogens (tertiary/aromatic N) is 3. The fourth-order valence-corrected chi connectivity index (χ4v) is 3.16. The Morgan fingerprint density at radius 1 is 1.18 bits per heavy atom. The number of benzene rings is 1. The molecule has 0 bridgehead atoms. The van der Waals surface area contributed by atoms with Crippen LogP contribution in [0.15, 0.2) is 41.1 Å². The molecule has 0 amide bonds. The van der Waals surface area contributed by atoms with Crippen LogP contribution in [0, 0.1) is 0 Å². The zero-order valence-corrected chi connectivity index (χ0v) is 15.8. The van der Waals surface area contributed by atoms with E-state index in [0.717, 1.165) is 37.4 Å². The second kappa shape index (κ2) is 8.26. The van der Waals surface area contributed by atoms with Crippen LogP contribution in [-0.4, -0.2) is 48.6 Å². The SMILES string of the molecule is COc1cccc(-c2noc(-c3ccc(NCC4CCCO4)nc3)n2)c1OC. The van der Waals surface area contributed by atoms with Gasteiger partial charge in [0.25, 0.3) is 5.89 Å². The van der Waals surface area contributed by atoms with Gasteiger partial charge in [-0.05, 0) is 37.1 Å². The first-order valence-corrected chi connectivity index (χ1v) is 9.15. The topological polar surface area (TPSA) is 91.5 Å². The lowest BCUT2D eigenvalue weighted by Gasteiger charge is -2.11. The molecule has 3 aromatic rings. The zero-order chi connectivity index (χ0) is 19.3. The van der Waals surface area contributed by atoms with Crippen LogP contribution >= 0.6 is 0 Å². The molecule has 8 heteroatoms. The van der Waals surface area contributed by atoms with Crippen molar-refractivity contribution in [2.24, 2.45) is 0 Å². The summed E-state index contributed by atoms with van der Waals surface area (Å²) in [7, 11) is 3.16. The largest absolute Gasteiger partial charge is 0.493 e. The molecule has 4 rings (SSSR count). The molecule has 28 heavy (non-hydrogen) atoms. The van der Waals surface area contributed by atoms with Gasteiger partial charge >= 0.3 is 0 Å². The number of ether oxygens (including phenoxy) is 3. The average molecular weight is 382 g/mol. The number of aromatic nitrogens is 3. The third-order valence-corrected chi connectivity index (χ3v) is 4.62. The predicted octanol–water partition coefficient (Wildman–Crippen LogP) is 3.41. The molecule has 1 fully saturated rings. The number of hydrogen-bond donors (Lipinski definition) is 1. The Labute approximate surface area is 162 Å². The van der Waals surface area contributed by atoms with E-state index >= 15 is 0 Å². The number of nitrogens with one attached hydrogen (secondary N) is 1. The van der Waals surface area contributed by atoms with Gasteiger partial charge in [0.05, 0.1) is 31.5 Å². The normalized spacial score (nSPS) is 16.1. The van der Waals surface area contributed by atoms with E-state index in [4.69, 9.17) is 18.7 Å². The van der Waals surface area contributed by atoms with Crippen LogP contribution in [-0.2, 0) is 4.74 Å². The molecule has 146 valence electrons. The fraction of sp³-hybridized carbons (Fsp3) is 0.350. The van der Waals surface area contributed by atoms with Gasteiger partial charge in [-0.25, -0.2) is 4.98 Å². The van der Waals surface area contributed by atoms with Crippen LogP contribution in [0.1, 0.15) is 12.8 Å². The lowest BCUT2D eigenvalue weighted by atomic mass is 10.1. The summed E-state index contributed by atoms with van der Waals surface area (Å²) >= 11 is 0. The lowest BCUT2D eigenvalue weighted by molar-refractivity contribution is 0.120. The van der Waals surface area contributed by atoms with Crippen LogP contribution in [0.4, 0.5) is 5.82 Å². The summed E-state index contributed by atoms with van der Waals surface area (Å²) in [5.41, 5.74) is 1.43. The van der Waals surface area contributed by atoms with E-state index in [9.17, 15) is 0 Å². The minimum Gasteiger partial charge on any atom is -0.493 e. The van der Waals surface area contributed by atoms with Gasteiger partial charge in [0.2, 0.25) is 5.82 Å². The zero-order valence-electron chi connectivity index (χ0n) is 15.8. The summed E-state index contributed by atoms with van der Waals surface area (Å²) in [4.78, 5) is 8.90. The van der Waals surface area contributed by atoms with Crippen LogP contribution < -0.4 is 14.8 Å². The smallest absolute Gasteiger partial charge is 0.259 e. The number of methoxy groups -OCH3 is 2. The molecule has 0 radical (unpaired) electrons. The number of pyridine rings is 1. The lowest BCUT2D eigenvalue weighted by Crippen LogP contribution is -2.18. The molecule has 0 aliphatic carbocycles. The summed E-state index contributed by atoms with van der Waals surface area (Å²) in [6, 6.07) is 9.30. The quantitative estimate of drug-likeness (QED) is 0.665. The highest BCUT2D eigenvalue weighted by molar-refractivity contribution is 5.69. The molecule has 1 aromatic carbocycles. The van der Waals surface area contributed by atoms with E-state index in [1.54, 1.807) is 20.4 Å². The van der Waals surface area contributed by atoms with E-state index in [-0.39, 0.29) is 6.10 Å². The minimum atomic E-state index is 0.262. The molecular weight excluding hydrogens is 360 g/mol. The Kier molecular flexibility index (Phi) is 5.38. The maximum atomic E-state index is 5.61. The van der Waals surface area contributed by atoms with Crippen LogP contribution in [0.2, 0.25) is 0 Å². The molecule has 2 aromatic heterocycles. The molecule has 8 nitrogen and oxygen atoms in total. The van der Waals surface area contributed by atoms with Gasteiger partial charge in [-0.15, -0.1) is 0 Å². The standard InChI is InChI=1S/C20H22N4O4/c1-25-16-7-3-6-15(18(16)26-2)19-23-20(28-24-19)13-8-9-17(21-11-13)22-12-14-5-4-10-27-14/h3,6-9,11,14H,4-5,10,12H2,1-2H3,(H,21,22). The summed E-state index contributed by atoms with van der Waals surface area (Å²) in [6.07, 6.45) is 4.18. The number of hydrogen-bond acceptors (Lipinski definition) is 8. The second-order valence-corrected chi connectivity index (χ2v) is 6.41. The molecule has 1 atom stereocenters. The van der Waals surface area contributed by atoms with Crippen molar-refractivity contribution in [2.45, 2.75) is 18.9 Å². The van der Waals surface area contributed by atoms with Crippen molar-refractivity contribution >= 4 is 5.82 Å². The molecule has 3 heterocycles. The third-order valence-electron chi connectivity index (χ3n) is 4.62. The highest BCUT2D eigenvalue weighted by atomic mass is 16.5. The Balaban J connectivity index is 1.50. The first-order valence-electron chi connectivity index (χ1n) is 9.15. The number of rotatable bonds is 7. The summed E-state index contributed by atoms with van der Waals surface area (Å²) < 4.78 is 21.8.